The van der Waals surface area contributed by atoms with E-state index in [2.05, 4.69) is 20.3 Å². The molecule has 2 aromatic heterocycles. The summed E-state index contributed by atoms with van der Waals surface area (Å²) in [4.78, 5) is 27.6. The predicted octanol–water partition coefficient (Wildman–Crippen LogP) is 4.40. The van der Waals surface area contributed by atoms with Crippen LogP contribution in [0.1, 0.15) is 42.1 Å². The predicted molar refractivity (Wildman–Crippen MR) is 121 cm³/mol. The molecule has 0 aliphatic carbocycles. The van der Waals surface area contributed by atoms with E-state index in [1.165, 1.54) is 24.4 Å². The number of hydrogen-bond acceptors (Lipinski definition) is 6. The van der Waals surface area contributed by atoms with Crippen molar-refractivity contribution in [3.05, 3.63) is 64.8 Å². The van der Waals surface area contributed by atoms with E-state index in [1.807, 2.05) is 13.8 Å². The van der Waals surface area contributed by atoms with Gasteiger partial charge in [-0.3, -0.25) is 9.78 Å². The third-order valence-electron chi connectivity index (χ3n) is 5.36. The number of pyridine rings is 1. The third kappa shape index (κ3) is 4.56. The topological polar surface area (TPSA) is 91.2 Å². The molecule has 0 unspecified atom stereocenters. The number of benzene rings is 1. The molecule has 0 spiro atoms. The summed E-state index contributed by atoms with van der Waals surface area (Å²) < 4.78 is 14.4. The number of amides is 1. The van der Waals surface area contributed by atoms with Gasteiger partial charge in [-0.25, -0.2) is 14.4 Å². The number of rotatable bonds is 5. The average molecular weight is 456 g/mol. The molecule has 32 heavy (non-hydrogen) atoms. The zero-order valence-electron chi connectivity index (χ0n) is 17.7. The van der Waals surface area contributed by atoms with Gasteiger partial charge in [-0.2, -0.15) is 0 Å². The smallest absolute Gasteiger partial charge is 0.257 e. The van der Waals surface area contributed by atoms with Crippen molar-refractivity contribution in [1.29, 1.82) is 0 Å². The number of nitrogens with zero attached hydrogens (tertiary/aromatic N) is 4. The quantitative estimate of drug-likeness (QED) is 0.592. The first-order chi connectivity index (χ1) is 15.3. The lowest BCUT2D eigenvalue weighted by Crippen LogP contribution is -2.30. The Morgan fingerprint density at radius 3 is 2.84 bits per heavy atom. The first-order valence-electron chi connectivity index (χ1n) is 10.3. The summed E-state index contributed by atoms with van der Waals surface area (Å²) in [6, 6.07) is 5.90. The minimum absolute atomic E-state index is 0.0745. The van der Waals surface area contributed by atoms with E-state index in [1.54, 1.807) is 23.4 Å². The molecule has 9 heteroatoms. The standard InChI is InChI=1S/C23H23ClFN5O2/c1-13(2)17-11-27-21(16-9-14(24)3-4-19(16)25)29-22(17)28-20-5-7-26-10-18(20)23(32)30-8-6-15(31)12-30/h3-5,7,9-11,13,15,31H,6,8,12H2,1-2H3,(H,26,27,28,29)/t15-/m1/s1. The second-order valence-corrected chi connectivity index (χ2v) is 8.45. The number of halogens is 2. The fraction of sp³-hybridized carbons (Fsp3) is 0.304. The molecule has 1 fully saturated rings. The fourth-order valence-corrected chi connectivity index (χ4v) is 3.78. The van der Waals surface area contributed by atoms with E-state index in [-0.39, 0.29) is 29.8 Å². The Morgan fingerprint density at radius 2 is 2.12 bits per heavy atom. The highest BCUT2D eigenvalue weighted by Gasteiger charge is 2.27. The number of aliphatic hydroxyl groups excluding tert-OH is 1. The lowest BCUT2D eigenvalue weighted by Gasteiger charge is -2.19. The maximum Gasteiger partial charge on any atom is 0.257 e. The van der Waals surface area contributed by atoms with E-state index >= 15 is 0 Å². The van der Waals surface area contributed by atoms with Crippen molar-refractivity contribution < 1.29 is 14.3 Å². The second-order valence-electron chi connectivity index (χ2n) is 8.02. The maximum absolute atomic E-state index is 14.4. The van der Waals surface area contributed by atoms with E-state index in [9.17, 15) is 14.3 Å². The Bertz CT molecular complexity index is 1160. The number of likely N-dealkylation sites (tertiary alicyclic amines) is 1. The zero-order chi connectivity index (χ0) is 22.8. The molecule has 7 nitrogen and oxygen atoms in total. The molecule has 3 heterocycles. The summed E-state index contributed by atoms with van der Waals surface area (Å²) >= 11 is 6.04. The van der Waals surface area contributed by atoms with Gasteiger partial charge in [-0.15, -0.1) is 0 Å². The molecule has 1 aromatic carbocycles. The van der Waals surface area contributed by atoms with E-state index < -0.39 is 11.9 Å². The van der Waals surface area contributed by atoms with Gasteiger partial charge in [0.1, 0.15) is 11.6 Å². The maximum atomic E-state index is 14.4. The number of aliphatic hydroxyl groups is 1. The lowest BCUT2D eigenvalue weighted by molar-refractivity contribution is 0.0765. The normalized spacial score (nSPS) is 15.9. The number of anilines is 2. The van der Waals surface area contributed by atoms with Gasteiger partial charge in [0.25, 0.3) is 5.91 Å². The van der Waals surface area contributed by atoms with Gasteiger partial charge < -0.3 is 15.3 Å². The fourth-order valence-electron chi connectivity index (χ4n) is 3.61. The van der Waals surface area contributed by atoms with Gasteiger partial charge in [0.15, 0.2) is 5.82 Å². The molecule has 1 amide bonds. The van der Waals surface area contributed by atoms with Crippen LogP contribution in [0.4, 0.5) is 15.9 Å². The number of nitrogens with one attached hydrogen (secondary N) is 1. The van der Waals surface area contributed by atoms with Crippen LogP contribution in [0.2, 0.25) is 5.02 Å². The molecule has 2 N–H and O–H groups in total. The molecular weight excluding hydrogens is 433 g/mol. The van der Waals surface area contributed by atoms with Crippen LogP contribution in [-0.4, -0.2) is 50.1 Å². The molecule has 3 aromatic rings. The largest absolute Gasteiger partial charge is 0.391 e. The Hall–Kier alpha value is -3.10. The number of carbonyl (C=O) groups excluding carboxylic acids is 1. The second kappa shape index (κ2) is 9.18. The van der Waals surface area contributed by atoms with Crippen LogP contribution in [0.3, 0.4) is 0 Å². The molecule has 1 atom stereocenters. The molecule has 0 saturated carbocycles. The van der Waals surface area contributed by atoms with Gasteiger partial charge in [0.05, 0.1) is 22.9 Å². The molecule has 4 rings (SSSR count). The Labute approximate surface area is 190 Å². The third-order valence-corrected chi connectivity index (χ3v) is 5.60. The van der Waals surface area contributed by atoms with Crippen molar-refractivity contribution in [1.82, 2.24) is 19.9 Å². The monoisotopic (exact) mass is 455 g/mol. The Balaban J connectivity index is 1.73. The molecule has 1 saturated heterocycles. The van der Waals surface area contributed by atoms with Crippen LogP contribution in [0.5, 0.6) is 0 Å². The Kier molecular flexibility index (Phi) is 6.34. The van der Waals surface area contributed by atoms with Gasteiger partial charge in [0, 0.05) is 42.3 Å². The van der Waals surface area contributed by atoms with Gasteiger partial charge >= 0.3 is 0 Å². The summed E-state index contributed by atoms with van der Waals surface area (Å²) in [5.41, 5.74) is 1.88. The van der Waals surface area contributed by atoms with Crippen molar-refractivity contribution in [2.24, 2.45) is 0 Å². The minimum atomic E-state index is -0.517. The lowest BCUT2D eigenvalue weighted by atomic mass is 10.1. The summed E-state index contributed by atoms with van der Waals surface area (Å²) in [5, 5.41) is 13.4. The highest BCUT2D eigenvalue weighted by molar-refractivity contribution is 6.30. The van der Waals surface area contributed by atoms with Crippen molar-refractivity contribution in [2.45, 2.75) is 32.3 Å². The van der Waals surface area contributed by atoms with Crippen LogP contribution in [0.15, 0.2) is 42.9 Å². The van der Waals surface area contributed by atoms with Crippen molar-refractivity contribution in [3.63, 3.8) is 0 Å². The summed E-state index contributed by atoms with van der Waals surface area (Å²) in [6.07, 6.45) is 4.74. The first-order valence-corrected chi connectivity index (χ1v) is 10.7. The van der Waals surface area contributed by atoms with Crippen LogP contribution < -0.4 is 5.32 Å². The van der Waals surface area contributed by atoms with Gasteiger partial charge in [-0.1, -0.05) is 25.4 Å². The number of carbonyl (C=O) groups is 1. The van der Waals surface area contributed by atoms with Gasteiger partial charge in [-0.05, 0) is 36.6 Å². The van der Waals surface area contributed by atoms with Crippen molar-refractivity contribution in [3.8, 4) is 11.4 Å². The zero-order valence-corrected chi connectivity index (χ0v) is 18.5. The van der Waals surface area contributed by atoms with Crippen LogP contribution in [0, 0.1) is 5.82 Å². The highest BCUT2D eigenvalue weighted by Crippen LogP contribution is 2.31. The van der Waals surface area contributed by atoms with E-state index in [4.69, 9.17) is 11.6 Å². The molecule has 0 radical (unpaired) electrons. The minimum Gasteiger partial charge on any atom is -0.391 e. The first kappa shape index (κ1) is 22.1. The highest BCUT2D eigenvalue weighted by atomic mass is 35.5. The van der Waals surface area contributed by atoms with Crippen LogP contribution >= 0.6 is 11.6 Å². The molecule has 1 aliphatic rings. The SMILES string of the molecule is CC(C)c1cnc(-c2cc(Cl)ccc2F)nc1Nc1ccncc1C(=O)N1CC[C@@H](O)C1. The molecule has 166 valence electrons. The molecule has 0 bridgehead atoms. The number of aromatic nitrogens is 3. The summed E-state index contributed by atoms with van der Waals surface area (Å²) in [6.45, 7) is 4.76. The molecular formula is C23H23ClFN5O2. The summed E-state index contributed by atoms with van der Waals surface area (Å²) in [5.74, 6) is 0.0153. The van der Waals surface area contributed by atoms with E-state index in [0.29, 0.717) is 35.1 Å². The molecule has 1 aliphatic heterocycles. The van der Waals surface area contributed by atoms with Crippen molar-refractivity contribution >= 4 is 29.0 Å². The van der Waals surface area contributed by atoms with Gasteiger partial charge in [0.2, 0.25) is 0 Å². The Morgan fingerprint density at radius 1 is 1.31 bits per heavy atom. The summed E-state index contributed by atoms with van der Waals surface area (Å²) in [7, 11) is 0. The van der Waals surface area contributed by atoms with Crippen LogP contribution in [-0.2, 0) is 0 Å². The van der Waals surface area contributed by atoms with Crippen molar-refractivity contribution in [2.75, 3.05) is 18.4 Å². The average Bonchev–Trinajstić information content (AvgIpc) is 3.21. The number of β-amino-alcohol motifs (C(OH)–C–C–N with tert-alkyl or cyclic N) is 1. The van der Waals surface area contributed by atoms with E-state index in [0.717, 1.165) is 5.56 Å². The van der Waals surface area contributed by atoms with Crippen LogP contribution in [0.25, 0.3) is 11.4 Å². The number of hydrogen-bond donors (Lipinski definition) is 2.